The second-order valence-corrected chi connectivity index (χ2v) is 6.68. The zero-order valence-electron chi connectivity index (χ0n) is 15.1. The van der Waals surface area contributed by atoms with Gasteiger partial charge in [0.1, 0.15) is 0 Å². The minimum atomic E-state index is 0.0790. The Morgan fingerprint density at radius 2 is 1.40 bits per heavy atom. The van der Waals surface area contributed by atoms with Gasteiger partial charge in [-0.05, 0) is 68.3 Å². The fourth-order valence-electron chi connectivity index (χ4n) is 3.13. The summed E-state index contributed by atoms with van der Waals surface area (Å²) in [5, 5.41) is 0. The smallest absolute Gasteiger partial charge is 0.253 e. The fourth-order valence-corrected chi connectivity index (χ4v) is 3.13. The largest absolute Gasteiger partial charge is 0.368 e. The van der Waals surface area contributed by atoms with Crippen molar-refractivity contribution in [2.24, 2.45) is 0 Å². The molecule has 4 heteroatoms. The highest BCUT2D eigenvalue weighted by Crippen LogP contribution is 2.19. The van der Waals surface area contributed by atoms with Gasteiger partial charge in [0.05, 0.1) is 0 Å². The van der Waals surface area contributed by atoms with Crippen LogP contribution in [0.2, 0.25) is 0 Å². The molecule has 0 N–H and O–H groups in total. The molecule has 1 heterocycles. The van der Waals surface area contributed by atoms with Crippen LogP contribution in [-0.4, -0.2) is 42.8 Å². The normalized spacial score (nSPS) is 14.5. The Labute approximate surface area is 149 Å². The number of rotatable bonds is 3. The van der Waals surface area contributed by atoms with E-state index in [1.807, 2.05) is 54.3 Å². The first kappa shape index (κ1) is 17.2. The molecular weight excluding hydrogens is 312 g/mol. The molecule has 1 fully saturated rings. The number of Topliss-reactive ketones (excluding diaryl/α,β-unsaturated/α-hetero) is 1. The Hall–Kier alpha value is -2.62. The van der Waals surface area contributed by atoms with E-state index < -0.39 is 0 Å². The average molecular weight is 336 g/mol. The maximum atomic E-state index is 12.7. The Morgan fingerprint density at radius 3 is 1.96 bits per heavy atom. The van der Waals surface area contributed by atoms with E-state index in [1.165, 1.54) is 5.56 Å². The fraction of sp³-hybridized carbons (Fsp3) is 0.333. The van der Waals surface area contributed by atoms with Crippen LogP contribution >= 0.6 is 0 Å². The van der Waals surface area contributed by atoms with Crippen molar-refractivity contribution in [3.05, 3.63) is 64.7 Å². The first-order valence-corrected chi connectivity index (χ1v) is 8.68. The van der Waals surface area contributed by atoms with E-state index in [0.717, 1.165) is 35.5 Å². The number of ketones is 1. The van der Waals surface area contributed by atoms with Crippen LogP contribution in [0.3, 0.4) is 0 Å². The number of benzene rings is 2. The van der Waals surface area contributed by atoms with E-state index in [9.17, 15) is 9.59 Å². The molecule has 3 rings (SSSR count). The summed E-state index contributed by atoms with van der Waals surface area (Å²) >= 11 is 0. The third-order valence-electron chi connectivity index (χ3n) is 4.96. The van der Waals surface area contributed by atoms with Crippen LogP contribution in [0.15, 0.2) is 42.5 Å². The van der Waals surface area contributed by atoms with Crippen LogP contribution in [0.1, 0.15) is 38.8 Å². The van der Waals surface area contributed by atoms with Crippen molar-refractivity contribution in [3.63, 3.8) is 0 Å². The molecule has 0 aliphatic carbocycles. The monoisotopic (exact) mass is 336 g/mol. The number of hydrogen-bond acceptors (Lipinski definition) is 3. The number of aryl methyl sites for hydroxylation is 2. The Kier molecular flexibility index (Phi) is 4.88. The summed E-state index contributed by atoms with van der Waals surface area (Å²) < 4.78 is 0. The standard InChI is InChI=1S/C21H24N2O2/c1-15-4-5-19(14-16(15)2)21(25)23-12-10-22(11-13-23)20-8-6-18(7-9-20)17(3)24/h4-9,14H,10-13H2,1-3H3. The van der Waals surface area contributed by atoms with Gasteiger partial charge in [-0.25, -0.2) is 0 Å². The van der Waals surface area contributed by atoms with Crippen LogP contribution in [0.5, 0.6) is 0 Å². The summed E-state index contributed by atoms with van der Waals surface area (Å²) in [7, 11) is 0. The molecule has 2 aromatic rings. The lowest BCUT2D eigenvalue weighted by Crippen LogP contribution is -2.48. The van der Waals surface area contributed by atoms with Gasteiger partial charge in [-0.15, -0.1) is 0 Å². The van der Waals surface area contributed by atoms with E-state index in [1.54, 1.807) is 6.92 Å². The number of carbonyl (C=O) groups is 2. The zero-order valence-corrected chi connectivity index (χ0v) is 15.1. The lowest BCUT2D eigenvalue weighted by molar-refractivity contribution is 0.0746. The predicted octanol–water partition coefficient (Wildman–Crippen LogP) is 3.47. The minimum absolute atomic E-state index is 0.0790. The lowest BCUT2D eigenvalue weighted by atomic mass is 10.1. The van der Waals surface area contributed by atoms with Crippen LogP contribution in [0, 0.1) is 13.8 Å². The average Bonchev–Trinajstić information content (AvgIpc) is 2.63. The number of nitrogens with zero attached hydrogens (tertiary/aromatic N) is 2. The Bertz CT molecular complexity index is 788. The van der Waals surface area contributed by atoms with Crippen molar-refractivity contribution in [2.75, 3.05) is 31.1 Å². The highest BCUT2D eigenvalue weighted by molar-refractivity contribution is 5.95. The van der Waals surface area contributed by atoms with Gasteiger partial charge in [0.25, 0.3) is 5.91 Å². The summed E-state index contributed by atoms with van der Waals surface area (Å²) in [5.41, 5.74) is 4.95. The number of anilines is 1. The maximum absolute atomic E-state index is 12.7. The van der Waals surface area contributed by atoms with Crippen molar-refractivity contribution < 1.29 is 9.59 Å². The molecule has 0 saturated carbocycles. The first-order valence-electron chi connectivity index (χ1n) is 8.68. The van der Waals surface area contributed by atoms with E-state index in [-0.39, 0.29) is 11.7 Å². The van der Waals surface area contributed by atoms with Gasteiger partial charge in [0.15, 0.2) is 5.78 Å². The number of amides is 1. The molecule has 0 aromatic heterocycles. The molecule has 4 nitrogen and oxygen atoms in total. The summed E-state index contributed by atoms with van der Waals surface area (Å²) in [6.07, 6.45) is 0. The summed E-state index contributed by atoms with van der Waals surface area (Å²) in [6.45, 7) is 8.69. The van der Waals surface area contributed by atoms with E-state index in [0.29, 0.717) is 13.1 Å². The Morgan fingerprint density at radius 1 is 0.800 bits per heavy atom. The number of piperazine rings is 1. The zero-order chi connectivity index (χ0) is 18.0. The second kappa shape index (κ2) is 7.09. The molecule has 0 atom stereocenters. The highest BCUT2D eigenvalue weighted by Gasteiger charge is 2.22. The molecular formula is C21H24N2O2. The van der Waals surface area contributed by atoms with Gasteiger partial charge >= 0.3 is 0 Å². The van der Waals surface area contributed by atoms with Crippen molar-refractivity contribution >= 4 is 17.4 Å². The lowest BCUT2D eigenvalue weighted by Gasteiger charge is -2.36. The van der Waals surface area contributed by atoms with Gasteiger partial charge in [-0.3, -0.25) is 9.59 Å². The Balaban J connectivity index is 1.64. The van der Waals surface area contributed by atoms with Crippen molar-refractivity contribution in [3.8, 4) is 0 Å². The highest BCUT2D eigenvalue weighted by atomic mass is 16.2. The minimum Gasteiger partial charge on any atom is -0.368 e. The molecule has 1 saturated heterocycles. The molecule has 1 aliphatic rings. The van der Waals surface area contributed by atoms with Gasteiger partial charge < -0.3 is 9.80 Å². The number of carbonyl (C=O) groups excluding carboxylic acids is 2. The molecule has 1 amide bonds. The molecule has 130 valence electrons. The van der Waals surface area contributed by atoms with E-state index >= 15 is 0 Å². The third-order valence-corrected chi connectivity index (χ3v) is 4.96. The molecule has 0 unspecified atom stereocenters. The van der Waals surface area contributed by atoms with Crippen molar-refractivity contribution in [2.45, 2.75) is 20.8 Å². The summed E-state index contributed by atoms with van der Waals surface area (Å²) in [4.78, 5) is 28.2. The second-order valence-electron chi connectivity index (χ2n) is 6.68. The van der Waals surface area contributed by atoms with Gasteiger partial charge in [-0.1, -0.05) is 6.07 Å². The molecule has 1 aliphatic heterocycles. The summed E-state index contributed by atoms with van der Waals surface area (Å²) in [6, 6.07) is 13.6. The predicted molar refractivity (Wildman–Crippen MR) is 100 cm³/mol. The van der Waals surface area contributed by atoms with Crippen LogP contribution in [0.4, 0.5) is 5.69 Å². The van der Waals surface area contributed by atoms with Gasteiger partial charge in [-0.2, -0.15) is 0 Å². The molecule has 0 spiro atoms. The SMILES string of the molecule is CC(=O)c1ccc(N2CCN(C(=O)c3ccc(C)c(C)c3)CC2)cc1. The molecule has 0 radical (unpaired) electrons. The maximum Gasteiger partial charge on any atom is 0.253 e. The van der Waals surface area contributed by atoms with Gasteiger partial charge in [0, 0.05) is 43.0 Å². The van der Waals surface area contributed by atoms with Crippen LogP contribution < -0.4 is 4.90 Å². The number of hydrogen-bond donors (Lipinski definition) is 0. The topological polar surface area (TPSA) is 40.6 Å². The third kappa shape index (κ3) is 3.73. The molecule has 2 aromatic carbocycles. The van der Waals surface area contributed by atoms with Crippen LogP contribution in [-0.2, 0) is 0 Å². The van der Waals surface area contributed by atoms with Crippen LogP contribution in [0.25, 0.3) is 0 Å². The van der Waals surface area contributed by atoms with E-state index in [2.05, 4.69) is 11.8 Å². The van der Waals surface area contributed by atoms with E-state index in [4.69, 9.17) is 0 Å². The van der Waals surface area contributed by atoms with Gasteiger partial charge in [0.2, 0.25) is 0 Å². The molecule has 0 bridgehead atoms. The summed E-state index contributed by atoms with van der Waals surface area (Å²) in [5.74, 6) is 0.185. The first-order chi connectivity index (χ1) is 12.0. The van der Waals surface area contributed by atoms with Crippen molar-refractivity contribution in [1.29, 1.82) is 0 Å². The molecule has 25 heavy (non-hydrogen) atoms. The quantitative estimate of drug-likeness (QED) is 0.806. The van der Waals surface area contributed by atoms with Crippen molar-refractivity contribution in [1.82, 2.24) is 4.90 Å².